The molecule has 10 heteroatoms. The minimum absolute atomic E-state index is 0.0589. The maximum atomic E-state index is 15.0. The van der Waals surface area contributed by atoms with E-state index in [1.165, 1.54) is 25.3 Å². The van der Waals surface area contributed by atoms with Crippen molar-refractivity contribution in [2.45, 2.75) is 52.9 Å². The third-order valence-corrected chi connectivity index (χ3v) is 7.27. The van der Waals surface area contributed by atoms with Gasteiger partial charge in [-0.3, -0.25) is 4.79 Å². The van der Waals surface area contributed by atoms with Crippen LogP contribution in [0.2, 0.25) is 0 Å². The molecule has 0 aliphatic heterocycles. The molecule has 3 rings (SSSR count). The average Bonchev–Trinajstić information content (AvgIpc) is 3.70. The van der Waals surface area contributed by atoms with Crippen molar-refractivity contribution in [2.75, 3.05) is 26.5 Å². The van der Waals surface area contributed by atoms with Crippen LogP contribution in [0.1, 0.15) is 46.1 Å². The van der Waals surface area contributed by atoms with Gasteiger partial charge in [-0.1, -0.05) is 46.1 Å². The molecule has 0 atom stereocenters. The second-order valence-electron chi connectivity index (χ2n) is 11.9. The molecule has 226 valence electrons. The van der Waals surface area contributed by atoms with E-state index < -0.39 is 23.1 Å². The molecule has 1 saturated carbocycles. The van der Waals surface area contributed by atoms with E-state index in [4.69, 9.17) is 4.74 Å². The van der Waals surface area contributed by atoms with Crippen molar-refractivity contribution >= 4 is 11.9 Å². The highest BCUT2D eigenvalue weighted by Crippen LogP contribution is 2.61. The van der Waals surface area contributed by atoms with Gasteiger partial charge in [0, 0.05) is 44.7 Å². The van der Waals surface area contributed by atoms with E-state index in [-0.39, 0.29) is 41.7 Å². The summed E-state index contributed by atoms with van der Waals surface area (Å²) in [6.07, 6.45) is 6.70. The minimum Gasteiger partial charge on any atom is -0.500 e. The summed E-state index contributed by atoms with van der Waals surface area (Å²) in [5.74, 6) is -2.89. The van der Waals surface area contributed by atoms with Crippen molar-refractivity contribution in [3.63, 3.8) is 0 Å². The van der Waals surface area contributed by atoms with Crippen LogP contribution in [0.25, 0.3) is 11.1 Å². The van der Waals surface area contributed by atoms with Gasteiger partial charge in [0.15, 0.2) is 0 Å². The molecule has 7 nitrogen and oxygen atoms in total. The quantitative estimate of drug-likeness (QED) is 0.211. The van der Waals surface area contributed by atoms with E-state index in [0.717, 1.165) is 18.3 Å². The fourth-order valence-corrected chi connectivity index (χ4v) is 4.19. The summed E-state index contributed by atoms with van der Waals surface area (Å²) in [5.41, 5.74) is 0.841. The fourth-order valence-electron chi connectivity index (χ4n) is 4.19. The molecule has 1 aromatic carbocycles. The van der Waals surface area contributed by atoms with Crippen molar-refractivity contribution in [2.24, 2.45) is 10.8 Å². The van der Waals surface area contributed by atoms with Crippen molar-refractivity contribution in [3.8, 4) is 11.1 Å². The summed E-state index contributed by atoms with van der Waals surface area (Å²) in [5, 5.41) is 5.71. The molecule has 1 aromatic heterocycles. The summed E-state index contributed by atoms with van der Waals surface area (Å²) >= 11 is 0. The van der Waals surface area contributed by atoms with Gasteiger partial charge in [-0.05, 0) is 53.2 Å². The van der Waals surface area contributed by atoms with Crippen molar-refractivity contribution in [1.82, 2.24) is 20.2 Å². The van der Waals surface area contributed by atoms with E-state index in [9.17, 15) is 18.0 Å². The number of aromatic nitrogens is 2. The van der Waals surface area contributed by atoms with Gasteiger partial charge < -0.3 is 20.3 Å². The Labute approximate surface area is 246 Å². The molecule has 0 saturated heterocycles. The van der Waals surface area contributed by atoms with E-state index >= 15 is 0 Å². The lowest BCUT2D eigenvalue weighted by Crippen LogP contribution is -2.30. The Balaban J connectivity index is 1.66. The second kappa shape index (κ2) is 12.4. The summed E-state index contributed by atoms with van der Waals surface area (Å²) < 4.78 is 48.3. The van der Waals surface area contributed by atoms with Gasteiger partial charge in [0.05, 0.1) is 18.9 Å². The Morgan fingerprint density at radius 2 is 1.71 bits per heavy atom. The number of hydrogen-bond acceptors (Lipinski definition) is 6. The maximum absolute atomic E-state index is 15.0. The van der Waals surface area contributed by atoms with Crippen LogP contribution >= 0.6 is 0 Å². The van der Waals surface area contributed by atoms with Crippen LogP contribution in [0, 0.1) is 16.6 Å². The van der Waals surface area contributed by atoms with Gasteiger partial charge in [-0.25, -0.2) is 23.1 Å². The molecule has 0 spiro atoms. The number of allylic oxidation sites excluding steroid dienone is 4. The molecule has 1 amide bonds. The molecule has 2 N–H and O–H groups in total. The number of carbonyl (C=O) groups is 1. The molecule has 2 aromatic rings. The molecule has 1 heterocycles. The molecule has 0 bridgehead atoms. The van der Waals surface area contributed by atoms with Crippen molar-refractivity contribution < 1.29 is 22.7 Å². The Morgan fingerprint density at radius 3 is 2.19 bits per heavy atom. The first kappa shape index (κ1) is 32.4. The lowest BCUT2D eigenvalue weighted by atomic mass is 9.87. The predicted octanol–water partition coefficient (Wildman–Crippen LogP) is 6.84. The highest BCUT2D eigenvalue weighted by Gasteiger charge is 2.62. The van der Waals surface area contributed by atoms with Crippen LogP contribution in [0.15, 0.2) is 78.8 Å². The number of halogens is 3. The first-order chi connectivity index (χ1) is 19.5. The molecule has 0 unspecified atom stereocenters. The van der Waals surface area contributed by atoms with Crippen LogP contribution < -0.4 is 10.6 Å². The van der Waals surface area contributed by atoms with Crippen LogP contribution in [-0.4, -0.2) is 47.9 Å². The van der Waals surface area contributed by atoms with E-state index in [2.05, 4.69) is 54.5 Å². The van der Waals surface area contributed by atoms with Crippen LogP contribution in [-0.2, 0) is 16.0 Å². The largest absolute Gasteiger partial charge is 0.500 e. The molecule has 1 aliphatic rings. The van der Waals surface area contributed by atoms with Crippen LogP contribution in [0.4, 0.5) is 19.1 Å². The molecular formula is C32H40F3N5O2. The number of carbonyl (C=O) groups excluding carboxylic acids is 1. The third kappa shape index (κ3) is 7.80. The van der Waals surface area contributed by atoms with Crippen molar-refractivity contribution in [1.29, 1.82) is 0 Å². The summed E-state index contributed by atoms with van der Waals surface area (Å²) in [6.45, 7) is 15.0. The molecule has 1 fully saturated rings. The molecular weight excluding hydrogens is 543 g/mol. The monoisotopic (exact) mass is 583 g/mol. The van der Waals surface area contributed by atoms with Gasteiger partial charge in [-0.2, -0.15) is 0 Å². The number of hydrogen-bond donors (Lipinski definition) is 2. The normalized spacial score (nSPS) is 15.1. The number of benzene rings is 1. The number of nitrogens with one attached hydrogen (secondary N) is 2. The number of anilines is 1. The van der Waals surface area contributed by atoms with Gasteiger partial charge >= 0.3 is 0 Å². The Bertz CT molecular complexity index is 1400. The first-order valence-electron chi connectivity index (χ1n) is 13.6. The average molecular weight is 584 g/mol. The zero-order valence-electron chi connectivity index (χ0n) is 25.4. The Kier molecular flexibility index (Phi) is 9.59. The highest BCUT2D eigenvalue weighted by molar-refractivity contribution is 5.81. The summed E-state index contributed by atoms with van der Waals surface area (Å²) in [7, 11) is 5.10. The zero-order chi connectivity index (χ0) is 31.5. The third-order valence-electron chi connectivity index (χ3n) is 7.27. The minimum atomic E-state index is -2.97. The zero-order valence-corrected chi connectivity index (χ0v) is 25.4. The van der Waals surface area contributed by atoms with Crippen LogP contribution in [0.3, 0.4) is 0 Å². The molecule has 42 heavy (non-hydrogen) atoms. The fraction of sp³-hybridized carbons (Fsp3) is 0.406. The number of methoxy groups -OCH3 is 1. The highest BCUT2D eigenvalue weighted by atomic mass is 19.3. The van der Waals surface area contributed by atoms with Crippen molar-refractivity contribution in [3.05, 3.63) is 90.1 Å². The number of nitrogens with zero attached hydrogens (tertiary/aromatic N) is 3. The van der Waals surface area contributed by atoms with Gasteiger partial charge in [0.2, 0.25) is 11.9 Å². The maximum Gasteiger partial charge on any atom is 0.257 e. The molecule has 1 aliphatic carbocycles. The SMILES string of the molecule is C=C(/C=C(\OC)C1(C(C)(F)F)CC1)NC(=O)Cc1ccc(-c2cnc(N/C(=C/C(=C)C(C)(C)C)N(C)C)nc2)cc1F. The van der Waals surface area contributed by atoms with Gasteiger partial charge in [-0.15, -0.1) is 0 Å². The number of ether oxygens (including phenoxy) is 1. The topological polar surface area (TPSA) is 79.4 Å². The Hall–Kier alpha value is -4.08. The summed E-state index contributed by atoms with van der Waals surface area (Å²) in [4.78, 5) is 23.2. The van der Waals surface area contributed by atoms with Gasteiger partial charge in [0.1, 0.15) is 17.4 Å². The first-order valence-corrected chi connectivity index (χ1v) is 13.6. The van der Waals surface area contributed by atoms with E-state index in [0.29, 0.717) is 17.1 Å². The number of rotatable bonds is 12. The summed E-state index contributed by atoms with van der Waals surface area (Å²) in [6, 6.07) is 4.50. The lowest BCUT2D eigenvalue weighted by molar-refractivity contribution is -0.119. The predicted molar refractivity (Wildman–Crippen MR) is 160 cm³/mol. The standard InChI is InChI=1S/C32H40F3N5O2/c1-20(30(3,4)5)14-27(40(7)8)39-29-36-18-24(19-37-29)22-10-11-23(25(33)16-22)17-28(41)38-21(2)15-26(42-9)32(12-13-32)31(6,34)35/h10-11,14-16,18-19H,1-2,12-13,17H2,3-9H3,(H,38,41)(H,36,37,39)/b26-15-,27-14-. The van der Waals surface area contributed by atoms with Crippen LogP contribution in [0.5, 0.6) is 0 Å². The van der Waals surface area contributed by atoms with E-state index in [1.807, 2.05) is 25.1 Å². The van der Waals surface area contributed by atoms with Gasteiger partial charge in [0.25, 0.3) is 5.92 Å². The van der Waals surface area contributed by atoms with E-state index in [1.54, 1.807) is 18.5 Å². The Morgan fingerprint density at radius 1 is 1.10 bits per heavy atom. The number of amides is 1. The molecule has 0 radical (unpaired) electrons. The second-order valence-corrected chi connectivity index (χ2v) is 11.9. The number of alkyl halides is 2. The smallest absolute Gasteiger partial charge is 0.257 e. The lowest BCUT2D eigenvalue weighted by Gasteiger charge is -2.25.